The van der Waals surface area contributed by atoms with Gasteiger partial charge in [-0.2, -0.15) is 0 Å². The van der Waals surface area contributed by atoms with Crippen LogP contribution in [-0.4, -0.2) is 76.1 Å². The Bertz CT molecular complexity index is 1110. The number of rotatable bonds is 5. The summed E-state index contributed by atoms with van der Waals surface area (Å²) in [5, 5.41) is 15.3. The second kappa shape index (κ2) is 8.62. The fourth-order valence-electron chi connectivity index (χ4n) is 3.90. The van der Waals surface area contributed by atoms with Gasteiger partial charge >= 0.3 is 6.03 Å². The van der Waals surface area contributed by atoms with E-state index in [1.807, 2.05) is 5.38 Å². The molecule has 3 heterocycles. The third-order valence-electron chi connectivity index (χ3n) is 5.88. The number of imide groups is 1. The number of nitro groups is 1. The van der Waals surface area contributed by atoms with Crippen LogP contribution in [0.5, 0.6) is 0 Å². The zero-order valence-corrected chi connectivity index (χ0v) is 18.5. The van der Waals surface area contributed by atoms with Crippen molar-refractivity contribution in [3.8, 4) is 0 Å². The predicted octanol–water partition coefficient (Wildman–Crippen LogP) is 1.41. The van der Waals surface area contributed by atoms with Crippen molar-refractivity contribution in [3.05, 3.63) is 62.3 Å². The lowest BCUT2D eigenvalue weighted by Crippen LogP contribution is -2.53. The van der Waals surface area contributed by atoms with Gasteiger partial charge in [0, 0.05) is 38.3 Å². The molecule has 4 rings (SSSR count). The number of thiophene rings is 1. The summed E-state index contributed by atoms with van der Waals surface area (Å²) in [5.41, 5.74) is -1.19. The van der Waals surface area contributed by atoms with Crippen molar-refractivity contribution < 1.29 is 24.1 Å². The zero-order chi connectivity index (χ0) is 23.8. The molecule has 5 amide bonds. The number of nitro benzene ring substituents is 1. The molecule has 0 saturated carbocycles. The Morgan fingerprint density at radius 1 is 1.09 bits per heavy atom. The number of hydrogen-bond donors (Lipinski definition) is 1. The van der Waals surface area contributed by atoms with Crippen molar-refractivity contribution in [1.29, 1.82) is 0 Å². The highest BCUT2D eigenvalue weighted by molar-refractivity contribution is 7.12. The molecule has 2 fully saturated rings. The molecule has 2 saturated heterocycles. The minimum Gasteiger partial charge on any atom is -0.338 e. The lowest BCUT2D eigenvalue weighted by molar-refractivity contribution is -0.384. The average molecular weight is 471 g/mol. The minimum atomic E-state index is -1.43. The quantitative estimate of drug-likeness (QED) is 0.398. The van der Waals surface area contributed by atoms with Gasteiger partial charge in [-0.15, -0.1) is 11.3 Å². The smallest absolute Gasteiger partial charge is 0.325 e. The van der Waals surface area contributed by atoms with E-state index < -0.39 is 34.9 Å². The molecule has 2 aliphatic rings. The maximum atomic E-state index is 13.0. The lowest BCUT2D eigenvalue weighted by Gasteiger charge is -2.35. The van der Waals surface area contributed by atoms with Crippen molar-refractivity contribution in [2.75, 3.05) is 32.7 Å². The normalized spacial score (nSPS) is 20.7. The van der Waals surface area contributed by atoms with Gasteiger partial charge in [0.15, 0.2) is 0 Å². The molecule has 2 aliphatic heterocycles. The summed E-state index contributed by atoms with van der Waals surface area (Å²) in [6.07, 6.45) is 0. The molecule has 12 heteroatoms. The van der Waals surface area contributed by atoms with E-state index in [9.17, 15) is 29.3 Å². The van der Waals surface area contributed by atoms with Crippen molar-refractivity contribution in [3.63, 3.8) is 0 Å². The third-order valence-corrected chi connectivity index (χ3v) is 6.73. The summed E-state index contributed by atoms with van der Waals surface area (Å²) in [6.45, 7) is 2.41. The van der Waals surface area contributed by atoms with Gasteiger partial charge in [0.1, 0.15) is 12.1 Å². The first kappa shape index (κ1) is 22.4. The fourth-order valence-corrected chi connectivity index (χ4v) is 4.59. The minimum absolute atomic E-state index is 0.0786. The molecule has 2 aromatic rings. The topological polar surface area (TPSA) is 133 Å². The van der Waals surface area contributed by atoms with Crippen LogP contribution < -0.4 is 5.32 Å². The molecule has 0 spiro atoms. The molecule has 0 radical (unpaired) electrons. The summed E-state index contributed by atoms with van der Waals surface area (Å²) in [5.74, 6) is -1.08. The first-order valence-corrected chi connectivity index (χ1v) is 11.1. The first-order chi connectivity index (χ1) is 15.7. The standard InChI is InChI=1S/C21H21N5O6S/c1-21(14-4-6-15(7-5-14)26(31)32)19(29)25(20(30)22-21)13-17(27)23-8-10-24(11-9-23)18(28)16-3-2-12-33-16/h2-7,12H,8-11,13H2,1H3,(H,22,30). The largest absolute Gasteiger partial charge is 0.338 e. The van der Waals surface area contributed by atoms with Crippen molar-refractivity contribution >= 4 is 40.8 Å². The molecule has 11 nitrogen and oxygen atoms in total. The van der Waals surface area contributed by atoms with Gasteiger partial charge in [0.2, 0.25) is 5.91 Å². The van der Waals surface area contributed by atoms with E-state index in [1.165, 1.54) is 47.4 Å². The molecule has 172 valence electrons. The predicted molar refractivity (Wildman–Crippen MR) is 117 cm³/mol. The third kappa shape index (κ3) is 4.16. The molecule has 1 unspecified atom stereocenters. The molecule has 1 aromatic heterocycles. The van der Waals surface area contributed by atoms with E-state index in [0.717, 1.165) is 4.90 Å². The van der Waals surface area contributed by atoms with Crippen LogP contribution in [0.15, 0.2) is 41.8 Å². The Balaban J connectivity index is 1.38. The van der Waals surface area contributed by atoms with E-state index in [-0.39, 0.29) is 11.6 Å². The Morgan fingerprint density at radius 2 is 1.73 bits per heavy atom. The van der Waals surface area contributed by atoms with Crippen LogP contribution in [0.3, 0.4) is 0 Å². The highest BCUT2D eigenvalue weighted by Gasteiger charge is 2.50. The maximum Gasteiger partial charge on any atom is 0.325 e. The molecule has 0 bridgehead atoms. The van der Waals surface area contributed by atoms with Crippen LogP contribution in [0.1, 0.15) is 22.2 Å². The first-order valence-electron chi connectivity index (χ1n) is 10.2. The number of non-ortho nitro benzene ring substituents is 1. The molecule has 1 N–H and O–H groups in total. The number of carbonyl (C=O) groups excluding carboxylic acids is 4. The summed E-state index contributed by atoms with van der Waals surface area (Å²) < 4.78 is 0. The van der Waals surface area contributed by atoms with E-state index in [1.54, 1.807) is 17.0 Å². The van der Waals surface area contributed by atoms with Crippen LogP contribution in [0.25, 0.3) is 0 Å². The zero-order valence-electron chi connectivity index (χ0n) is 17.7. The van der Waals surface area contributed by atoms with Crippen molar-refractivity contribution in [2.45, 2.75) is 12.5 Å². The average Bonchev–Trinajstić information content (AvgIpc) is 3.42. The number of hydrogen-bond acceptors (Lipinski definition) is 7. The Morgan fingerprint density at radius 3 is 2.30 bits per heavy atom. The van der Waals surface area contributed by atoms with Gasteiger partial charge in [0.05, 0.1) is 9.80 Å². The molecule has 33 heavy (non-hydrogen) atoms. The monoisotopic (exact) mass is 471 g/mol. The Labute approximate surface area is 192 Å². The highest BCUT2D eigenvalue weighted by atomic mass is 32.1. The maximum absolute atomic E-state index is 13.0. The van der Waals surface area contributed by atoms with E-state index in [4.69, 9.17) is 0 Å². The number of benzene rings is 1. The summed E-state index contributed by atoms with van der Waals surface area (Å²) in [7, 11) is 0. The van der Waals surface area contributed by atoms with Crippen LogP contribution in [-0.2, 0) is 15.1 Å². The Kier molecular flexibility index (Phi) is 5.85. The summed E-state index contributed by atoms with van der Waals surface area (Å²) >= 11 is 1.36. The van der Waals surface area contributed by atoms with Crippen molar-refractivity contribution in [1.82, 2.24) is 20.0 Å². The van der Waals surface area contributed by atoms with E-state index in [2.05, 4.69) is 5.32 Å². The number of carbonyl (C=O) groups is 4. The van der Waals surface area contributed by atoms with Crippen LogP contribution in [0.2, 0.25) is 0 Å². The second-order valence-corrected chi connectivity index (χ2v) is 8.85. The lowest BCUT2D eigenvalue weighted by atomic mass is 9.92. The Hall–Kier alpha value is -3.80. The van der Waals surface area contributed by atoms with Gasteiger partial charge in [-0.25, -0.2) is 4.79 Å². The van der Waals surface area contributed by atoms with Crippen LogP contribution >= 0.6 is 11.3 Å². The molecular formula is C21H21N5O6S. The molecule has 1 aromatic carbocycles. The number of urea groups is 1. The van der Waals surface area contributed by atoms with Crippen molar-refractivity contribution in [2.24, 2.45) is 0 Å². The summed E-state index contributed by atoms with van der Waals surface area (Å²) in [6, 6.07) is 8.18. The fraction of sp³-hybridized carbons (Fsp3) is 0.333. The van der Waals surface area contributed by atoms with E-state index >= 15 is 0 Å². The second-order valence-electron chi connectivity index (χ2n) is 7.90. The van der Waals surface area contributed by atoms with Gasteiger partial charge in [-0.1, -0.05) is 6.07 Å². The van der Waals surface area contributed by atoms with Gasteiger partial charge < -0.3 is 15.1 Å². The molecule has 0 aliphatic carbocycles. The summed E-state index contributed by atoms with van der Waals surface area (Å²) in [4.78, 5) is 65.8. The van der Waals surface area contributed by atoms with Crippen LogP contribution in [0, 0.1) is 10.1 Å². The van der Waals surface area contributed by atoms with Gasteiger partial charge in [0.25, 0.3) is 17.5 Å². The highest BCUT2D eigenvalue weighted by Crippen LogP contribution is 2.30. The van der Waals surface area contributed by atoms with Gasteiger partial charge in [-0.3, -0.25) is 29.4 Å². The number of amides is 5. The number of nitrogens with zero attached hydrogens (tertiary/aromatic N) is 4. The molecular weight excluding hydrogens is 450 g/mol. The van der Waals surface area contributed by atoms with Gasteiger partial charge in [-0.05, 0) is 36.1 Å². The molecule has 1 atom stereocenters. The number of nitrogens with one attached hydrogen (secondary N) is 1. The van der Waals surface area contributed by atoms with E-state index in [0.29, 0.717) is 36.6 Å². The number of piperazine rings is 1. The van der Waals surface area contributed by atoms with Crippen LogP contribution in [0.4, 0.5) is 10.5 Å². The SMILES string of the molecule is CC1(c2ccc([N+](=O)[O-])cc2)NC(=O)N(CC(=O)N2CCN(C(=O)c3cccs3)CC2)C1=O.